The van der Waals surface area contributed by atoms with Gasteiger partial charge in [-0.1, -0.05) is 35.6 Å². The summed E-state index contributed by atoms with van der Waals surface area (Å²) in [4.78, 5) is 34.4. The predicted molar refractivity (Wildman–Crippen MR) is 127 cm³/mol. The number of aryl methyl sites for hydroxylation is 2. The summed E-state index contributed by atoms with van der Waals surface area (Å²) in [7, 11) is 0. The largest absolute Gasteiger partial charge is 0.278 e. The number of amides is 1. The Morgan fingerprint density at radius 1 is 1.16 bits per heavy atom. The first-order valence-corrected chi connectivity index (χ1v) is 10.7. The van der Waals surface area contributed by atoms with E-state index in [2.05, 4.69) is 17.1 Å². The number of carbonyl (C=O) groups is 1. The summed E-state index contributed by atoms with van der Waals surface area (Å²) in [5.74, 6) is -0.282. The number of nitro benzene ring substituents is 1. The quantitative estimate of drug-likeness (QED) is 0.224. The van der Waals surface area contributed by atoms with Gasteiger partial charge in [-0.25, -0.2) is 4.98 Å². The number of nitro groups is 1. The molecule has 0 spiro atoms. The molecule has 4 aromatic rings. The van der Waals surface area contributed by atoms with Crippen LogP contribution < -0.4 is 4.90 Å². The number of non-ortho nitro benzene ring substituents is 1. The van der Waals surface area contributed by atoms with Gasteiger partial charge in [-0.15, -0.1) is 0 Å². The molecule has 0 unspecified atom stereocenters. The van der Waals surface area contributed by atoms with Gasteiger partial charge in [0.25, 0.3) is 11.6 Å². The highest BCUT2D eigenvalue weighted by Crippen LogP contribution is 2.32. The molecule has 1 amide bonds. The molecule has 2 aromatic heterocycles. The van der Waals surface area contributed by atoms with E-state index in [1.54, 1.807) is 29.3 Å². The van der Waals surface area contributed by atoms with E-state index in [1.165, 1.54) is 29.5 Å². The Bertz CT molecular complexity index is 1330. The Balaban J connectivity index is 1.69. The number of anilines is 1. The summed E-state index contributed by atoms with van der Waals surface area (Å²) in [6.07, 6.45) is 4.67. The van der Waals surface area contributed by atoms with E-state index in [0.29, 0.717) is 10.7 Å². The zero-order valence-corrected chi connectivity index (χ0v) is 18.4. The molecule has 0 aliphatic heterocycles. The normalized spacial score (nSPS) is 11.2. The lowest BCUT2D eigenvalue weighted by Crippen LogP contribution is -2.29. The highest BCUT2D eigenvalue weighted by molar-refractivity contribution is 7.22. The Kier molecular flexibility index (Phi) is 6.04. The number of hydrogen-bond acceptors (Lipinski definition) is 6. The molecule has 32 heavy (non-hydrogen) atoms. The average Bonchev–Trinajstić information content (AvgIpc) is 3.21. The second-order valence-corrected chi connectivity index (χ2v) is 8.36. The molecule has 0 aliphatic rings. The van der Waals surface area contributed by atoms with Crippen LogP contribution >= 0.6 is 11.3 Å². The lowest BCUT2D eigenvalue weighted by molar-refractivity contribution is -0.384. The molecule has 160 valence electrons. The van der Waals surface area contributed by atoms with Crippen LogP contribution in [0.2, 0.25) is 0 Å². The molecule has 7 nitrogen and oxygen atoms in total. The van der Waals surface area contributed by atoms with Gasteiger partial charge in [-0.05, 0) is 54.8 Å². The van der Waals surface area contributed by atoms with Crippen LogP contribution in [-0.2, 0) is 11.3 Å². The lowest BCUT2D eigenvalue weighted by atomic mass is 10.1. The smallest absolute Gasteiger partial charge is 0.270 e. The van der Waals surface area contributed by atoms with Gasteiger partial charge >= 0.3 is 0 Å². The number of thiazole rings is 1. The van der Waals surface area contributed by atoms with Crippen molar-refractivity contribution in [1.29, 1.82) is 0 Å². The molecule has 0 radical (unpaired) electrons. The number of hydrogen-bond donors (Lipinski definition) is 0. The van der Waals surface area contributed by atoms with Gasteiger partial charge in [-0.3, -0.25) is 24.8 Å². The van der Waals surface area contributed by atoms with E-state index in [-0.39, 0.29) is 18.1 Å². The van der Waals surface area contributed by atoms with Crippen molar-refractivity contribution in [2.24, 2.45) is 0 Å². The van der Waals surface area contributed by atoms with Crippen molar-refractivity contribution >= 4 is 44.4 Å². The highest BCUT2D eigenvalue weighted by Gasteiger charge is 2.20. The van der Waals surface area contributed by atoms with E-state index in [4.69, 9.17) is 4.98 Å². The van der Waals surface area contributed by atoms with Crippen LogP contribution in [0.4, 0.5) is 10.8 Å². The highest BCUT2D eigenvalue weighted by atomic mass is 32.1. The maximum absolute atomic E-state index is 13.2. The van der Waals surface area contributed by atoms with Crippen molar-refractivity contribution in [3.05, 3.63) is 99.4 Å². The van der Waals surface area contributed by atoms with Gasteiger partial charge in [0.05, 0.1) is 27.4 Å². The Morgan fingerprint density at radius 3 is 2.75 bits per heavy atom. The molecule has 0 fully saturated rings. The number of carbonyl (C=O) groups excluding carboxylic acids is 1. The third-order valence-electron chi connectivity index (χ3n) is 4.86. The molecule has 0 saturated heterocycles. The third kappa shape index (κ3) is 4.70. The van der Waals surface area contributed by atoms with Crippen molar-refractivity contribution < 1.29 is 9.72 Å². The van der Waals surface area contributed by atoms with Crippen molar-refractivity contribution in [1.82, 2.24) is 9.97 Å². The molecule has 0 aliphatic carbocycles. The Hall–Kier alpha value is -3.91. The number of fused-ring (bicyclic) bond motifs is 1. The minimum atomic E-state index is -0.460. The molecule has 0 bridgehead atoms. The number of benzene rings is 2. The van der Waals surface area contributed by atoms with Crippen LogP contribution in [0.15, 0.2) is 66.9 Å². The zero-order valence-electron chi connectivity index (χ0n) is 17.6. The van der Waals surface area contributed by atoms with Crippen molar-refractivity contribution in [2.75, 3.05) is 4.90 Å². The number of rotatable bonds is 6. The zero-order chi connectivity index (χ0) is 22.7. The minimum Gasteiger partial charge on any atom is -0.278 e. The minimum absolute atomic E-state index is 0.0260. The fourth-order valence-corrected chi connectivity index (χ4v) is 4.51. The molecule has 0 saturated carbocycles. The second kappa shape index (κ2) is 9.07. The summed E-state index contributed by atoms with van der Waals surface area (Å²) >= 11 is 1.45. The summed E-state index contributed by atoms with van der Waals surface area (Å²) in [5, 5.41) is 11.6. The van der Waals surface area contributed by atoms with Crippen LogP contribution in [0.3, 0.4) is 0 Å². The van der Waals surface area contributed by atoms with Crippen molar-refractivity contribution in [3.63, 3.8) is 0 Å². The van der Waals surface area contributed by atoms with Crippen LogP contribution in [0.25, 0.3) is 16.3 Å². The maximum atomic E-state index is 13.2. The van der Waals surface area contributed by atoms with Gasteiger partial charge in [0.15, 0.2) is 5.13 Å². The van der Waals surface area contributed by atoms with E-state index >= 15 is 0 Å². The number of aromatic nitrogens is 2. The van der Waals surface area contributed by atoms with Gasteiger partial charge in [-0.2, -0.15) is 0 Å². The van der Waals surface area contributed by atoms with E-state index < -0.39 is 4.92 Å². The number of nitrogens with zero attached hydrogens (tertiary/aromatic N) is 4. The Morgan fingerprint density at radius 2 is 2.00 bits per heavy atom. The van der Waals surface area contributed by atoms with Gasteiger partial charge in [0.1, 0.15) is 0 Å². The monoisotopic (exact) mass is 444 g/mol. The fraction of sp³-hybridized carbons (Fsp3) is 0.125. The van der Waals surface area contributed by atoms with E-state index in [9.17, 15) is 14.9 Å². The SMILES string of the molecule is Cc1cc(C)c2nc(N(Cc3ccccn3)C(=O)/C=C/c3cccc([N+](=O)[O-])c3)sc2c1. The predicted octanol–water partition coefficient (Wildman–Crippen LogP) is 5.46. The molecule has 2 heterocycles. The topological polar surface area (TPSA) is 89.2 Å². The maximum Gasteiger partial charge on any atom is 0.270 e. The molecular weight excluding hydrogens is 424 g/mol. The first-order chi connectivity index (χ1) is 15.4. The van der Waals surface area contributed by atoms with Gasteiger partial charge < -0.3 is 0 Å². The lowest BCUT2D eigenvalue weighted by Gasteiger charge is -2.17. The summed E-state index contributed by atoms with van der Waals surface area (Å²) in [6.45, 7) is 4.30. The van der Waals surface area contributed by atoms with E-state index in [1.807, 2.05) is 32.0 Å². The second-order valence-electron chi connectivity index (χ2n) is 7.36. The molecule has 8 heteroatoms. The van der Waals surface area contributed by atoms with Gasteiger partial charge in [0.2, 0.25) is 0 Å². The van der Waals surface area contributed by atoms with Crippen LogP contribution in [0, 0.1) is 24.0 Å². The van der Waals surface area contributed by atoms with Gasteiger partial charge in [0, 0.05) is 24.4 Å². The van der Waals surface area contributed by atoms with Crippen LogP contribution in [-0.4, -0.2) is 20.8 Å². The van der Waals surface area contributed by atoms with Crippen molar-refractivity contribution in [3.8, 4) is 0 Å². The molecule has 0 N–H and O–H groups in total. The Labute approximate surface area is 188 Å². The average molecular weight is 445 g/mol. The first-order valence-electron chi connectivity index (χ1n) is 9.92. The summed E-state index contributed by atoms with van der Waals surface area (Å²) < 4.78 is 1.01. The standard InChI is InChI=1S/C24H20N4O3S/c1-16-12-17(2)23-21(13-16)32-24(26-23)27(15-19-7-3-4-11-25-19)22(29)10-9-18-6-5-8-20(14-18)28(30)31/h3-14H,15H2,1-2H3/b10-9+. The van der Waals surface area contributed by atoms with Crippen LogP contribution in [0.5, 0.6) is 0 Å². The molecule has 4 rings (SSSR count). The van der Waals surface area contributed by atoms with Crippen LogP contribution in [0.1, 0.15) is 22.4 Å². The number of pyridine rings is 1. The summed E-state index contributed by atoms with van der Waals surface area (Å²) in [5.41, 5.74) is 4.34. The van der Waals surface area contributed by atoms with E-state index in [0.717, 1.165) is 27.0 Å². The fourth-order valence-electron chi connectivity index (χ4n) is 3.37. The molecule has 2 aromatic carbocycles. The van der Waals surface area contributed by atoms with Crippen molar-refractivity contribution in [2.45, 2.75) is 20.4 Å². The molecule has 0 atom stereocenters. The summed E-state index contributed by atoms with van der Waals surface area (Å²) in [6, 6.07) is 15.8. The molecular formula is C24H20N4O3S. The third-order valence-corrected chi connectivity index (χ3v) is 5.89. The first kappa shape index (κ1) is 21.3.